The van der Waals surface area contributed by atoms with Crippen molar-refractivity contribution < 1.29 is 9.59 Å². The van der Waals surface area contributed by atoms with Crippen LogP contribution >= 0.6 is 11.3 Å². The van der Waals surface area contributed by atoms with Crippen molar-refractivity contribution in [2.45, 2.75) is 13.8 Å². The number of aryl methyl sites for hydroxylation is 1. The van der Waals surface area contributed by atoms with E-state index in [1.54, 1.807) is 37.4 Å². The summed E-state index contributed by atoms with van der Waals surface area (Å²) in [5, 5.41) is 3.32. The highest BCUT2D eigenvalue weighted by Gasteiger charge is 2.19. The van der Waals surface area contributed by atoms with E-state index in [0.717, 1.165) is 0 Å². The van der Waals surface area contributed by atoms with Gasteiger partial charge in [0, 0.05) is 22.8 Å². The molecule has 0 radical (unpaired) electrons. The molecule has 0 bridgehead atoms. The summed E-state index contributed by atoms with van der Waals surface area (Å²) in [7, 11) is 0. The van der Waals surface area contributed by atoms with Gasteiger partial charge in [-0.3, -0.25) is 9.59 Å². The largest absolute Gasteiger partial charge is 0.397 e. The van der Waals surface area contributed by atoms with Crippen molar-refractivity contribution in [3.63, 3.8) is 0 Å². The Morgan fingerprint density at radius 2 is 2.09 bits per heavy atom. The van der Waals surface area contributed by atoms with Gasteiger partial charge < -0.3 is 11.1 Å². The van der Waals surface area contributed by atoms with E-state index in [4.69, 9.17) is 5.73 Å². The number of nitrogens with one attached hydrogen (secondary N) is 1. The molecule has 0 aliphatic carbocycles. The Morgan fingerprint density at radius 1 is 1.30 bits per heavy atom. The van der Waals surface area contributed by atoms with Gasteiger partial charge in [0.05, 0.1) is 5.69 Å². The molecule has 0 aliphatic heterocycles. The van der Waals surface area contributed by atoms with Crippen LogP contribution in [0.4, 0.5) is 11.5 Å². The van der Waals surface area contributed by atoms with Crippen molar-refractivity contribution in [2.24, 2.45) is 0 Å². The van der Waals surface area contributed by atoms with E-state index in [1.165, 1.54) is 18.3 Å². The van der Waals surface area contributed by atoms with Crippen LogP contribution < -0.4 is 11.1 Å². The minimum atomic E-state index is -0.341. The minimum absolute atomic E-state index is 0.0815. The minimum Gasteiger partial charge on any atom is -0.397 e. The number of rotatable bonds is 3. The summed E-state index contributed by atoms with van der Waals surface area (Å²) >= 11 is 1.20. The number of aromatic nitrogens is 2. The standard InChI is InChI=1S/C16H14N4O2S/c1-8-10(9(2)21)7-11-13(17)14(23-16(11)19-8)15(22)20-12-5-3-4-6-18-12/h3-7H,17H2,1-2H3,(H,18,20,22). The lowest BCUT2D eigenvalue weighted by Gasteiger charge is -2.03. The Kier molecular flexibility index (Phi) is 3.79. The molecule has 0 aliphatic rings. The van der Waals surface area contributed by atoms with Crippen LogP contribution in [-0.4, -0.2) is 21.7 Å². The molecule has 0 aromatic carbocycles. The fourth-order valence-electron chi connectivity index (χ4n) is 2.26. The monoisotopic (exact) mass is 326 g/mol. The number of amides is 1. The van der Waals surface area contributed by atoms with E-state index < -0.39 is 0 Å². The van der Waals surface area contributed by atoms with Crippen molar-refractivity contribution in [1.29, 1.82) is 0 Å². The maximum atomic E-state index is 12.4. The number of carbonyl (C=O) groups excluding carboxylic acids is 2. The van der Waals surface area contributed by atoms with E-state index in [2.05, 4.69) is 15.3 Å². The van der Waals surface area contributed by atoms with Gasteiger partial charge >= 0.3 is 0 Å². The second-order valence-corrected chi connectivity index (χ2v) is 6.04. The fourth-order valence-corrected chi connectivity index (χ4v) is 3.28. The van der Waals surface area contributed by atoms with Gasteiger partial charge in [0.15, 0.2) is 5.78 Å². The number of thiophene rings is 1. The molecule has 7 heteroatoms. The molecule has 23 heavy (non-hydrogen) atoms. The van der Waals surface area contributed by atoms with E-state index >= 15 is 0 Å². The van der Waals surface area contributed by atoms with E-state index in [-0.39, 0.29) is 11.7 Å². The van der Waals surface area contributed by atoms with Crippen LogP contribution in [0.1, 0.15) is 32.6 Å². The SMILES string of the molecule is CC(=O)c1cc2c(N)c(C(=O)Nc3ccccn3)sc2nc1C. The quantitative estimate of drug-likeness (QED) is 0.721. The van der Waals surface area contributed by atoms with Gasteiger partial charge in [-0.25, -0.2) is 9.97 Å². The van der Waals surface area contributed by atoms with Gasteiger partial charge in [-0.2, -0.15) is 0 Å². The highest BCUT2D eigenvalue weighted by molar-refractivity contribution is 7.21. The summed E-state index contributed by atoms with van der Waals surface area (Å²) in [5.41, 5.74) is 7.56. The van der Waals surface area contributed by atoms with Gasteiger partial charge in [0.2, 0.25) is 0 Å². The van der Waals surface area contributed by atoms with Crippen molar-refractivity contribution in [2.75, 3.05) is 11.1 Å². The first-order chi connectivity index (χ1) is 11.0. The Hall–Kier alpha value is -2.80. The molecule has 0 atom stereocenters. The van der Waals surface area contributed by atoms with Crippen molar-refractivity contribution in [1.82, 2.24) is 9.97 Å². The lowest BCUT2D eigenvalue weighted by molar-refractivity contribution is 0.101. The Morgan fingerprint density at radius 3 is 2.74 bits per heavy atom. The molecule has 0 saturated heterocycles. The second kappa shape index (κ2) is 5.77. The predicted molar refractivity (Wildman–Crippen MR) is 91.0 cm³/mol. The van der Waals surface area contributed by atoms with Crippen LogP contribution in [0.5, 0.6) is 0 Å². The normalized spacial score (nSPS) is 10.7. The molecule has 3 aromatic rings. The van der Waals surface area contributed by atoms with Gasteiger partial charge in [-0.15, -0.1) is 11.3 Å². The first-order valence-electron chi connectivity index (χ1n) is 6.90. The predicted octanol–water partition coefficient (Wildman–Crippen LogP) is 3.04. The third-order valence-corrected chi connectivity index (χ3v) is 4.52. The molecular formula is C16H14N4O2S. The number of Topliss-reactive ketones (excluding diaryl/α,β-unsaturated/α-hetero) is 1. The summed E-state index contributed by atoms with van der Waals surface area (Å²) in [6.45, 7) is 3.24. The Balaban J connectivity index is 2.03. The van der Waals surface area contributed by atoms with E-state index in [1.807, 2.05) is 0 Å². The molecule has 0 saturated carbocycles. The number of ketones is 1. The number of fused-ring (bicyclic) bond motifs is 1. The number of carbonyl (C=O) groups is 2. The Bertz CT molecular complexity index is 919. The molecular weight excluding hydrogens is 312 g/mol. The van der Waals surface area contributed by atoms with Crippen LogP contribution in [0.25, 0.3) is 10.2 Å². The number of hydrogen-bond donors (Lipinski definition) is 2. The number of hydrogen-bond acceptors (Lipinski definition) is 6. The van der Waals surface area contributed by atoms with Crippen LogP contribution in [0.15, 0.2) is 30.5 Å². The number of nitrogen functional groups attached to an aromatic ring is 1. The first-order valence-corrected chi connectivity index (χ1v) is 7.72. The van der Waals surface area contributed by atoms with Gasteiger partial charge in [-0.05, 0) is 32.0 Å². The molecule has 1 amide bonds. The zero-order valence-corrected chi connectivity index (χ0v) is 13.4. The summed E-state index contributed by atoms with van der Waals surface area (Å²) in [6.07, 6.45) is 1.59. The smallest absolute Gasteiger partial charge is 0.269 e. The third-order valence-electron chi connectivity index (χ3n) is 3.40. The molecule has 3 aromatic heterocycles. The molecule has 3 N–H and O–H groups in total. The lowest BCUT2D eigenvalue weighted by atomic mass is 10.1. The average Bonchev–Trinajstić information content (AvgIpc) is 2.83. The topological polar surface area (TPSA) is 98.0 Å². The highest BCUT2D eigenvalue weighted by atomic mass is 32.1. The molecule has 0 spiro atoms. The van der Waals surface area contributed by atoms with Crippen LogP contribution in [-0.2, 0) is 0 Å². The number of nitrogens with two attached hydrogens (primary N) is 1. The van der Waals surface area contributed by atoms with Crippen molar-refractivity contribution in [3.05, 3.63) is 46.6 Å². The van der Waals surface area contributed by atoms with Gasteiger partial charge in [-0.1, -0.05) is 6.07 Å². The summed E-state index contributed by atoms with van der Waals surface area (Å²) in [6, 6.07) is 6.93. The molecule has 3 heterocycles. The Labute approximate surface area is 136 Å². The number of nitrogens with zero attached hydrogens (tertiary/aromatic N) is 2. The van der Waals surface area contributed by atoms with Crippen molar-refractivity contribution >= 4 is 44.7 Å². The number of anilines is 2. The summed E-state index contributed by atoms with van der Waals surface area (Å²) in [5.74, 6) is 0.0242. The maximum Gasteiger partial charge on any atom is 0.269 e. The molecule has 6 nitrogen and oxygen atoms in total. The van der Waals surface area contributed by atoms with Crippen LogP contribution in [0.2, 0.25) is 0 Å². The fraction of sp³-hybridized carbons (Fsp3) is 0.125. The van der Waals surface area contributed by atoms with Crippen LogP contribution in [0.3, 0.4) is 0 Å². The maximum absolute atomic E-state index is 12.4. The van der Waals surface area contributed by atoms with E-state index in [9.17, 15) is 9.59 Å². The van der Waals surface area contributed by atoms with Crippen LogP contribution in [0, 0.1) is 6.92 Å². The zero-order valence-electron chi connectivity index (χ0n) is 12.6. The molecule has 0 fully saturated rings. The van der Waals surface area contributed by atoms with E-state index in [0.29, 0.717) is 37.9 Å². The molecule has 3 rings (SSSR count). The highest BCUT2D eigenvalue weighted by Crippen LogP contribution is 2.34. The van der Waals surface area contributed by atoms with Crippen molar-refractivity contribution in [3.8, 4) is 0 Å². The second-order valence-electron chi connectivity index (χ2n) is 5.04. The molecule has 0 unspecified atom stereocenters. The molecule has 116 valence electrons. The number of pyridine rings is 2. The third kappa shape index (κ3) is 2.78. The first kappa shape index (κ1) is 15.1. The average molecular weight is 326 g/mol. The van der Waals surface area contributed by atoms with Gasteiger partial charge in [0.1, 0.15) is 15.5 Å². The lowest BCUT2D eigenvalue weighted by Crippen LogP contribution is -2.12. The zero-order chi connectivity index (χ0) is 16.6. The summed E-state index contributed by atoms with van der Waals surface area (Å²) < 4.78 is 0. The van der Waals surface area contributed by atoms with Gasteiger partial charge in [0.25, 0.3) is 5.91 Å². The summed E-state index contributed by atoms with van der Waals surface area (Å²) in [4.78, 5) is 33.5.